The van der Waals surface area contributed by atoms with Gasteiger partial charge in [0.05, 0.1) is 36.1 Å². The lowest BCUT2D eigenvalue weighted by atomic mass is 10.2. The monoisotopic (exact) mass is 412 g/mol. The number of hydrogen-bond acceptors (Lipinski definition) is 5. The average molecular weight is 412 g/mol. The van der Waals surface area contributed by atoms with Crippen molar-refractivity contribution in [3.05, 3.63) is 65.3 Å². The number of aryl methyl sites for hydroxylation is 1. The molecule has 8 nitrogen and oxygen atoms in total. The van der Waals surface area contributed by atoms with Gasteiger partial charge in [-0.05, 0) is 24.6 Å². The van der Waals surface area contributed by atoms with Crippen LogP contribution >= 0.6 is 0 Å². The van der Waals surface area contributed by atoms with Gasteiger partial charge < -0.3 is 5.32 Å². The van der Waals surface area contributed by atoms with Crippen LogP contribution in [-0.2, 0) is 13.1 Å². The number of nitrogens with one attached hydrogen (secondary N) is 1. The molecular formula is C19H15F3N8. The van der Waals surface area contributed by atoms with Gasteiger partial charge in [0, 0.05) is 12.4 Å². The van der Waals surface area contributed by atoms with Crippen LogP contribution in [0.2, 0.25) is 0 Å². The first kappa shape index (κ1) is 19.4. The highest BCUT2D eigenvalue weighted by atomic mass is 19.3. The summed E-state index contributed by atoms with van der Waals surface area (Å²) in [6.45, 7) is 8.58. The third kappa shape index (κ3) is 3.93. The minimum Gasteiger partial charge on any atom is -0.321 e. The van der Waals surface area contributed by atoms with Crippen molar-refractivity contribution in [1.82, 2.24) is 29.5 Å². The van der Waals surface area contributed by atoms with E-state index in [1.165, 1.54) is 24.4 Å². The molecule has 1 N–H and O–H groups in total. The van der Waals surface area contributed by atoms with Gasteiger partial charge in [0.25, 0.3) is 6.43 Å². The van der Waals surface area contributed by atoms with Crippen molar-refractivity contribution in [2.75, 3.05) is 5.32 Å². The van der Waals surface area contributed by atoms with Gasteiger partial charge in [-0.15, -0.1) is 0 Å². The van der Waals surface area contributed by atoms with Crippen molar-refractivity contribution in [2.45, 2.75) is 26.4 Å². The molecule has 0 saturated heterocycles. The zero-order chi connectivity index (χ0) is 21.3. The van der Waals surface area contributed by atoms with E-state index in [1.54, 1.807) is 24.0 Å². The molecule has 0 saturated carbocycles. The Morgan fingerprint density at radius 3 is 2.87 bits per heavy atom. The lowest BCUT2D eigenvalue weighted by molar-refractivity contribution is 0.121. The molecule has 0 radical (unpaired) electrons. The third-order valence-electron chi connectivity index (χ3n) is 4.38. The topological polar surface area (TPSA) is 77.8 Å². The van der Waals surface area contributed by atoms with Crippen LogP contribution in [0.3, 0.4) is 0 Å². The second-order valence-electron chi connectivity index (χ2n) is 6.53. The Hall–Kier alpha value is -3.94. The molecule has 0 amide bonds. The predicted molar refractivity (Wildman–Crippen MR) is 103 cm³/mol. The molecule has 30 heavy (non-hydrogen) atoms. The molecule has 0 aliphatic heterocycles. The molecule has 152 valence electrons. The van der Waals surface area contributed by atoms with Gasteiger partial charge in [-0.2, -0.15) is 15.2 Å². The molecule has 11 heteroatoms. The zero-order valence-electron chi connectivity index (χ0n) is 15.7. The van der Waals surface area contributed by atoms with E-state index in [2.05, 4.69) is 30.3 Å². The van der Waals surface area contributed by atoms with Gasteiger partial charge in [0.15, 0.2) is 11.3 Å². The third-order valence-corrected chi connectivity index (χ3v) is 4.38. The highest BCUT2D eigenvalue weighted by Gasteiger charge is 2.13. The molecule has 1 aromatic carbocycles. The highest BCUT2D eigenvalue weighted by Crippen LogP contribution is 2.24. The number of nitrogens with zero attached hydrogens (tertiary/aromatic N) is 7. The second-order valence-corrected chi connectivity index (χ2v) is 6.53. The quantitative estimate of drug-likeness (QED) is 0.483. The molecular weight excluding hydrogens is 397 g/mol. The Morgan fingerprint density at radius 2 is 2.10 bits per heavy atom. The van der Waals surface area contributed by atoms with Gasteiger partial charge in [-0.25, -0.2) is 27.7 Å². The molecule has 0 unspecified atom stereocenters. The predicted octanol–water partition coefficient (Wildman–Crippen LogP) is 4.08. The smallest absolute Gasteiger partial charge is 0.257 e. The fourth-order valence-electron chi connectivity index (χ4n) is 2.99. The summed E-state index contributed by atoms with van der Waals surface area (Å²) in [6, 6.07) is 3.95. The summed E-state index contributed by atoms with van der Waals surface area (Å²) in [5, 5.41) is 11.9. The van der Waals surface area contributed by atoms with Crippen LogP contribution in [0.15, 0.2) is 36.8 Å². The Morgan fingerprint density at radius 1 is 1.27 bits per heavy atom. The van der Waals surface area contributed by atoms with E-state index in [0.717, 1.165) is 4.68 Å². The number of aromatic nitrogens is 6. The number of hydrogen-bond donors (Lipinski definition) is 1. The summed E-state index contributed by atoms with van der Waals surface area (Å²) in [5.74, 6) is -0.212. The fourth-order valence-corrected chi connectivity index (χ4v) is 2.99. The lowest BCUT2D eigenvalue weighted by Crippen LogP contribution is -2.06. The number of halogens is 3. The molecule has 4 aromatic rings. The van der Waals surface area contributed by atoms with E-state index >= 15 is 0 Å². The molecule has 0 atom stereocenters. The fraction of sp³-hybridized carbons (Fsp3) is 0.211. The normalized spacial score (nSPS) is 11.2. The maximum Gasteiger partial charge on any atom is 0.257 e. The molecule has 0 bridgehead atoms. The summed E-state index contributed by atoms with van der Waals surface area (Å²) >= 11 is 0. The van der Waals surface area contributed by atoms with Gasteiger partial charge in [-0.3, -0.25) is 4.68 Å². The largest absolute Gasteiger partial charge is 0.321 e. The summed E-state index contributed by atoms with van der Waals surface area (Å²) in [7, 11) is 0. The van der Waals surface area contributed by atoms with Crippen molar-refractivity contribution in [3.8, 4) is 0 Å². The van der Waals surface area contributed by atoms with Crippen LogP contribution in [-0.4, -0.2) is 36.0 Å². The van der Waals surface area contributed by atoms with E-state index in [-0.39, 0.29) is 12.5 Å². The second kappa shape index (κ2) is 7.82. The molecule has 3 heterocycles. The van der Waals surface area contributed by atoms with Gasteiger partial charge in [-0.1, -0.05) is 6.07 Å². The molecule has 0 spiro atoms. The molecule has 0 fully saturated rings. The number of benzene rings is 1. The number of alkyl halides is 2. The zero-order valence-corrected chi connectivity index (χ0v) is 15.7. The van der Waals surface area contributed by atoms with Crippen molar-refractivity contribution in [1.29, 1.82) is 0 Å². The van der Waals surface area contributed by atoms with E-state index in [0.29, 0.717) is 33.7 Å². The minimum atomic E-state index is -2.51. The van der Waals surface area contributed by atoms with Crippen molar-refractivity contribution < 1.29 is 13.2 Å². The highest BCUT2D eigenvalue weighted by molar-refractivity contribution is 5.75. The van der Waals surface area contributed by atoms with Gasteiger partial charge >= 0.3 is 0 Å². The SMILES string of the molecule is [C-]#[N+]c1ccc(F)cc1Cn1ncc2cnc(Nc3cn(CC(F)F)nc3C)nc21. The molecule has 3 aromatic heterocycles. The van der Waals surface area contributed by atoms with Crippen molar-refractivity contribution in [3.63, 3.8) is 0 Å². The van der Waals surface area contributed by atoms with E-state index < -0.39 is 18.8 Å². The first-order valence-corrected chi connectivity index (χ1v) is 8.86. The first-order chi connectivity index (χ1) is 14.4. The van der Waals surface area contributed by atoms with E-state index in [4.69, 9.17) is 6.57 Å². The van der Waals surface area contributed by atoms with Crippen LogP contribution in [0.5, 0.6) is 0 Å². The molecule has 0 aliphatic rings. The molecule has 0 aliphatic carbocycles. The van der Waals surface area contributed by atoms with Crippen LogP contribution < -0.4 is 5.32 Å². The van der Waals surface area contributed by atoms with Gasteiger partial charge in [0.2, 0.25) is 5.95 Å². The van der Waals surface area contributed by atoms with E-state index in [9.17, 15) is 13.2 Å². The van der Waals surface area contributed by atoms with Crippen LogP contribution in [0.25, 0.3) is 15.9 Å². The van der Waals surface area contributed by atoms with Crippen LogP contribution in [0, 0.1) is 19.3 Å². The lowest BCUT2D eigenvalue weighted by Gasteiger charge is -2.07. The summed E-state index contributed by atoms with van der Waals surface area (Å²) in [5.41, 5.74) is 2.31. The van der Waals surface area contributed by atoms with Crippen molar-refractivity contribution in [2.24, 2.45) is 0 Å². The number of rotatable bonds is 6. The van der Waals surface area contributed by atoms with Crippen molar-refractivity contribution >= 4 is 28.4 Å². The number of fused-ring (bicyclic) bond motifs is 1. The Balaban J connectivity index is 1.63. The average Bonchev–Trinajstić information content (AvgIpc) is 3.24. The first-order valence-electron chi connectivity index (χ1n) is 8.86. The Kier molecular flexibility index (Phi) is 5.05. The summed E-state index contributed by atoms with van der Waals surface area (Å²) < 4.78 is 41.5. The summed E-state index contributed by atoms with van der Waals surface area (Å²) in [4.78, 5) is 12.1. The van der Waals surface area contributed by atoms with Gasteiger partial charge in [0.1, 0.15) is 12.4 Å². The Bertz CT molecular complexity index is 1250. The Labute approximate surface area is 168 Å². The number of anilines is 2. The minimum absolute atomic E-state index is 0.154. The maximum atomic E-state index is 13.6. The van der Waals surface area contributed by atoms with Crippen LogP contribution in [0.4, 0.5) is 30.5 Å². The standard InChI is InChI=1S/C19H15F3N8/c1-11-16(9-29(28-11)10-17(21)22)26-19-24-6-13-7-25-30(18(13)27-19)8-12-5-14(20)3-4-15(12)23-2/h3-7,9,17H,8,10H2,1H3,(H,24,26,27). The molecule has 4 rings (SSSR count). The summed E-state index contributed by atoms with van der Waals surface area (Å²) in [6.07, 6.45) is 2.08. The van der Waals surface area contributed by atoms with Crippen LogP contribution in [0.1, 0.15) is 11.3 Å². The maximum absolute atomic E-state index is 13.6. The van der Waals surface area contributed by atoms with E-state index in [1.807, 2.05) is 0 Å².